The van der Waals surface area contributed by atoms with Gasteiger partial charge in [-0.05, 0) is 18.4 Å². The number of esters is 1. The molecule has 4 nitrogen and oxygen atoms in total. The quantitative estimate of drug-likeness (QED) is 0.666. The molecule has 1 aliphatic rings. The molecule has 0 saturated heterocycles. The summed E-state index contributed by atoms with van der Waals surface area (Å²) in [7, 11) is 1.35. The molecule has 0 aromatic heterocycles. The van der Waals surface area contributed by atoms with Crippen molar-refractivity contribution in [1.29, 1.82) is 0 Å². The van der Waals surface area contributed by atoms with Gasteiger partial charge in [0.1, 0.15) is 6.04 Å². The number of carbonyl (C=O) groups is 2. The first-order valence-electron chi connectivity index (χ1n) is 5.71. The Kier molecular flexibility index (Phi) is 4.52. The number of carbonyl (C=O) groups excluding carboxylic acids is 2. The van der Waals surface area contributed by atoms with E-state index < -0.39 is 6.04 Å². The summed E-state index contributed by atoms with van der Waals surface area (Å²) in [5, 5.41) is 0. The number of hydrogen-bond acceptors (Lipinski definition) is 3. The molecular weight excluding hydrogens is 206 g/mol. The summed E-state index contributed by atoms with van der Waals surface area (Å²) in [5.74, 6) is -0.400. The highest BCUT2D eigenvalue weighted by atomic mass is 16.5. The molecule has 1 heterocycles. The maximum Gasteiger partial charge on any atom is 0.328 e. The highest BCUT2D eigenvalue weighted by Gasteiger charge is 2.32. The van der Waals surface area contributed by atoms with Crippen molar-refractivity contribution < 1.29 is 14.3 Å². The largest absolute Gasteiger partial charge is 0.467 e. The van der Waals surface area contributed by atoms with Gasteiger partial charge in [0, 0.05) is 12.6 Å². The van der Waals surface area contributed by atoms with E-state index in [4.69, 9.17) is 4.74 Å². The summed E-state index contributed by atoms with van der Waals surface area (Å²) >= 11 is 0. The van der Waals surface area contributed by atoms with Crippen LogP contribution in [0.2, 0.25) is 0 Å². The third-order valence-corrected chi connectivity index (χ3v) is 2.79. The van der Waals surface area contributed by atoms with Crippen LogP contribution in [0.25, 0.3) is 0 Å². The first-order chi connectivity index (χ1) is 7.63. The highest BCUT2D eigenvalue weighted by molar-refractivity contribution is 5.94. The molecular formula is C12H19NO3. The molecule has 1 amide bonds. The van der Waals surface area contributed by atoms with Crippen molar-refractivity contribution in [3.63, 3.8) is 0 Å². The lowest BCUT2D eigenvalue weighted by Gasteiger charge is -2.24. The molecule has 4 heteroatoms. The van der Waals surface area contributed by atoms with Crippen molar-refractivity contribution in [3.8, 4) is 0 Å². The Morgan fingerprint density at radius 1 is 1.56 bits per heavy atom. The van der Waals surface area contributed by atoms with E-state index in [2.05, 4.69) is 6.92 Å². The highest BCUT2D eigenvalue weighted by Crippen LogP contribution is 2.19. The molecule has 16 heavy (non-hydrogen) atoms. The second-order valence-corrected chi connectivity index (χ2v) is 3.97. The fourth-order valence-corrected chi connectivity index (χ4v) is 1.99. The van der Waals surface area contributed by atoms with E-state index in [1.54, 1.807) is 11.0 Å². The van der Waals surface area contributed by atoms with Crippen LogP contribution >= 0.6 is 0 Å². The van der Waals surface area contributed by atoms with E-state index in [9.17, 15) is 9.59 Å². The molecule has 0 spiro atoms. The molecule has 0 aliphatic carbocycles. The Morgan fingerprint density at radius 2 is 2.25 bits per heavy atom. The summed E-state index contributed by atoms with van der Waals surface area (Å²) in [6, 6.07) is -0.442. The minimum atomic E-state index is -0.442. The van der Waals surface area contributed by atoms with Crippen LogP contribution in [0.3, 0.4) is 0 Å². The van der Waals surface area contributed by atoms with Crippen molar-refractivity contribution in [2.24, 2.45) is 0 Å². The predicted octanol–water partition coefficient (Wildman–Crippen LogP) is 1.51. The molecule has 1 unspecified atom stereocenters. The van der Waals surface area contributed by atoms with Crippen molar-refractivity contribution in [1.82, 2.24) is 4.90 Å². The zero-order chi connectivity index (χ0) is 12.1. The number of rotatable bonds is 5. The van der Waals surface area contributed by atoms with Crippen LogP contribution in [-0.4, -0.2) is 36.5 Å². The third kappa shape index (κ3) is 2.62. The fraction of sp³-hybridized carbons (Fsp3) is 0.667. The number of nitrogens with zero attached hydrogens (tertiary/aromatic N) is 1. The number of amides is 1. The SMILES string of the molecule is CCCC1=CC(=O)N(C(CC)C(=O)OC)C1. The first-order valence-corrected chi connectivity index (χ1v) is 5.71. The molecule has 0 saturated carbocycles. The van der Waals surface area contributed by atoms with Crippen molar-refractivity contribution in [2.45, 2.75) is 39.2 Å². The van der Waals surface area contributed by atoms with Crippen molar-refractivity contribution >= 4 is 11.9 Å². The first kappa shape index (κ1) is 12.7. The molecule has 0 fully saturated rings. The summed E-state index contributed by atoms with van der Waals surface area (Å²) in [6.07, 6.45) is 4.17. The van der Waals surface area contributed by atoms with Crippen LogP contribution in [0.1, 0.15) is 33.1 Å². The average Bonchev–Trinajstić information content (AvgIpc) is 2.61. The molecule has 90 valence electrons. The lowest BCUT2D eigenvalue weighted by molar-refractivity contribution is -0.150. The maximum absolute atomic E-state index is 11.7. The van der Waals surface area contributed by atoms with Gasteiger partial charge in [0.05, 0.1) is 7.11 Å². The smallest absolute Gasteiger partial charge is 0.328 e. The Bertz CT molecular complexity index is 309. The summed E-state index contributed by atoms with van der Waals surface area (Å²) in [6.45, 7) is 4.53. The van der Waals surface area contributed by atoms with Gasteiger partial charge in [-0.25, -0.2) is 4.79 Å². The van der Waals surface area contributed by atoms with Gasteiger partial charge in [-0.1, -0.05) is 20.3 Å². The van der Waals surface area contributed by atoms with Gasteiger partial charge in [-0.15, -0.1) is 0 Å². The van der Waals surface area contributed by atoms with Gasteiger partial charge < -0.3 is 9.64 Å². The molecule has 0 bridgehead atoms. The molecule has 0 aromatic rings. The van der Waals surface area contributed by atoms with E-state index in [1.165, 1.54) is 7.11 Å². The number of ether oxygens (including phenoxy) is 1. The second kappa shape index (κ2) is 5.68. The lowest BCUT2D eigenvalue weighted by atomic mass is 10.1. The maximum atomic E-state index is 11.7. The zero-order valence-electron chi connectivity index (χ0n) is 10.2. The molecule has 0 radical (unpaired) electrons. The van der Waals surface area contributed by atoms with Gasteiger partial charge in [0.2, 0.25) is 5.91 Å². The zero-order valence-corrected chi connectivity index (χ0v) is 10.2. The van der Waals surface area contributed by atoms with Crippen LogP contribution in [0.5, 0.6) is 0 Å². The van der Waals surface area contributed by atoms with E-state index in [1.807, 2.05) is 6.92 Å². The summed E-state index contributed by atoms with van der Waals surface area (Å²) in [4.78, 5) is 24.8. The molecule has 0 aromatic carbocycles. The Morgan fingerprint density at radius 3 is 2.75 bits per heavy atom. The monoisotopic (exact) mass is 225 g/mol. The minimum absolute atomic E-state index is 0.0688. The Labute approximate surface area is 96.3 Å². The topological polar surface area (TPSA) is 46.6 Å². The fourth-order valence-electron chi connectivity index (χ4n) is 1.99. The predicted molar refractivity (Wildman–Crippen MR) is 60.8 cm³/mol. The third-order valence-electron chi connectivity index (χ3n) is 2.79. The second-order valence-electron chi connectivity index (χ2n) is 3.97. The Balaban J connectivity index is 2.69. The molecule has 1 aliphatic heterocycles. The normalized spacial score (nSPS) is 17.3. The van der Waals surface area contributed by atoms with E-state index in [0.29, 0.717) is 13.0 Å². The van der Waals surface area contributed by atoms with Crippen LogP contribution in [0.15, 0.2) is 11.6 Å². The summed E-state index contributed by atoms with van der Waals surface area (Å²) < 4.78 is 4.70. The van der Waals surface area contributed by atoms with Crippen molar-refractivity contribution in [2.75, 3.05) is 13.7 Å². The molecule has 1 rings (SSSR count). The van der Waals surface area contributed by atoms with Gasteiger partial charge in [-0.3, -0.25) is 4.79 Å². The van der Waals surface area contributed by atoms with E-state index >= 15 is 0 Å². The Hall–Kier alpha value is -1.32. The van der Waals surface area contributed by atoms with Crippen LogP contribution in [-0.2, 0) is 14.3 Å². The van der Waals surface area contributed by atoms with Gasteiger partial charge in [-0.2, -0.15) is 0 Å². The number of methoxy groups -OCH3 is 1. The number of hydrogen-bond donors (Lipinski definition) is 0. The van der Waals surface area contributed by atoms with Crippen LogP contribution in [0, 0.1) is 0 Å². The lowest BCUT2D eigenvalue weighted by Crippen LogP contribution is -2.42. The van der Waals surface area contributed by atoms with Crippen LogP contribution in [0.4, 0.5) is 0 Å². The van der Waals surface area contributed by atoms with E-state index in [0.717, 1.165) is 18.4 Å². The molecule has 1 atom stereocenters. The van der Waals surface area contributed by atoms with Gasteiger partial charge in [0.25, 0.3) is 0 Å². The van der Waals surface area contributed by atoms with Gasteiger partial charge in [0.15, 0.2) is 0 Å². The average molecular weight is 225 g/mol. The van der Waals surface area contributed by atoms with Crippen molar-refractivity contribution in [3.05, 3.63) is 11.6 Å². The van der Waals surface area contributed by atoms with Crippen LogP contribution < -0.4 is 0 Å². The van der Waals surface area contributed by atoms with E-state index in [-0.39, 0.29) is 11.9 Å². The minimum Gasteiger partial charge on any atom is -0.467 e. The van der Waals surface area contributed by atoms with Gasteiger partial charge >= 0.3 is 5.97 Å². The molecule has 0 N–H and O–H groups in total. The standard InChI is InChI=1S/C12H19NO3/c1-4-6-9-7-11(14)13(8-9)10(5-2)12(15)16-3/h7,10H,4-6,8H2,1-3H3. The summed E-state index contributed by atoms with van der Waals surface area (Å²) in [5.41, 5.74) is 1.11.